The summed E-state index contributed by atoms with van der Waals surface area (Å²) in [7, 11) is 3.83. The van der Waals surface area contributed by atoms with Crippen LogP contribution in [0.4, 0.5) is 15.8 Å². The molecule has 0 amide bonds. The number of anilines is 2. The summed E-state index contributed by atoms with van der Waals surface area (Å²) in [5.74, 6) is 0.601. The van der Waals surface area contributed by atoms with Crippen LogP contribution in [0.1, 0.15) is 26.2 Å². The summed E-state index contributed by atoms with van der Waals surface area (Å²) >= 11 is 5.36. The highest BCUT2D eigenvalue weighted by Gasteiger charge is 2.28. The number of likely N-dealkylation sites (N-methyl/N-ethyl adjacent to an activating group) is 1. The van der Waals surface area contributed by atoms with Crippen molar-refractivity contribution in [3.8, 4) is 5.75 Å². The van der Waals surface area contributed by atoms with Crippen molar-refractivity contribution in [1.29, 1.82) is 0 Å². The second-order valence-electron chi connectivity index (χ2n) is 6.48. The zero-order valence-electron chi connectivity index (χ0n) is 15.3. The highest BCUT2D eigenvalue weighted by Crippen LogP contribution is 2.45. The monoisotopic (exact) mass is 438 g/mol. The maximum absolute atomic E-state index is 13.4. The molecular formula is C20H24BrFN2OS. The van der Waals surface area contributed by atoms with Gasteiger partial charge < -0.3 is 9.64 Å². The number of hydrogen-bond acceptors (Lipinski definition) is 4. The van der Waals surface area contributed by atoms with Gasteiger partial charge in [-0.25, -0.2) is 8.70 Å². The zero-order valence-corrected chi connectivity index (χ0v) is 17.7. The topological polar surface area (TPSA) is 15.7 Å². The van der Waals surface area contributed by atoms with E-state index in [1.165, 1.54) is 25.0 Å². The first-order valence-electron chi connectivity index (χ1n) is 8.85. The van der Waals surface area contributed by atoms with Gasteiger partial charge in [0.05, 0.1) is 22.2 Å². The number of rotatable bonds is 5. The maximum atomic E-state index is 13.4. The molecule has 1 heterocycles. The van der Waals surface area contributed by atoms with Crippen molar-refractivity contribution >= 4 is 39.3 Å². The number of fused-ring (bicyclic) bond motifs is 1. The summed E-state index contributed by atoms with van der Waals surface area (Å²) in [5, 5.41) is 0. The average Bonchev–Trinajstić information content (AvgIpc) is 2.76. The number of halogens is 2. The molecule has 2 aromatic carbocycles. The average molecular weight is 439 g/mol. The van der Waals surface area contributed by atoms with Crippen LogP contribution in [-0.2, 0) is 0 Å². The van der Waals surface area contributed by atoms with E-state index in [1.807, 2.05) is 12.1 Å². The molecule has 0 radical (unpaired) electrons. The summed E-state index contributed by atoms with van der Waals surface area (Å²) < 4.78 is 22.2. The predicted octanol–water partition coefficient (Wildman–Crippen LogP) is 6.25. The molecule has 0 spiro atoms. The summed E-state index contributed by atoms with van der Waals surface area (Å²) in [6, 6.07) is 11.3. The second-order valence-corrected chi connectivity index (χ2v) is 8.53. The van der Waals surface area contributed by atoms with Gasteiger partial charge in [0.1, 0.15) is 11.6 Å². The van der Waals surface area contributed by atoms with Crippen molar-refractivity contribution in [2.45, 2.75) is 37.1 Å². The van der Waals surface area contributed by atoms with Crippen molar-refractivity contribution in [2.24, 2.45) is 0 Å². The van der Waals surface area contributed by atoms with E-state index in [2.05, 4.69) is 51.2 Å². The molecule has 2 aromatic rings. The molecule has 0 aromatic heterocycles. The Hall–Kier alpha value is -1.24. The molecule has 0 saturated heterocycles. The molecule has 0 fully saturated rings. The Morgan fingerprint density at radius 2 is 2.00 bits per heavy atom. The fourth-order valence-electron chi connectivity index (χ4n) is 3.20. The van der Waals surface area contributed by atoms with Crippen molar-refractivity contribution in [3.63, 3.8) is 0 Å². The van der Waals surface area contributed by atoms with Gasteiger partial charge in [-0.1, -0.05) is 19.8 Å². The minimum Gasteiger partial charge on any atom is -0.496 e. The number of unbranched alkanes of at least 4 members (excludes halogenated alkanes) is 1. The van der Waals surface area contributed by atoms with Crippen LogP contribution in [0.15, 0.2) is 45.8 Å². The van der Waals surface area contributed by atoms with E-state index in [1.54, 1.807) is 19.1 Å². The number of hydrogen-bond donors (Lipinski definition) is 0. The van der Waals surface area contributed by atoms with E-state index >= 15 is 0 Å². The molecule has 0 aliphatic carbocycles. The van der Waals surface area contributed by atoms with Gasteiger partial charge >= 0.3 is 0 Å². The lowest BCUT2D eigenvalue weighted by atomic mass is 10.1. The maximum Gasteiger partial charge on any atom is 0.134 e. The lowest BCUT2D eigenvalue weighted by Gasteiger charge is -2.30. The SMILES string of the molecule is CCCCC1CN(c2ccc(F)cc2)c2cc(Br)c(OC)cc2SN1C. The van der Waals surface area contributed by atoms with E-state index in [9.17, 15) is 4.39 Å². The molecular weight excluding hydrogens is 415 g/mol. The molecule has 1 atom stereocenters. The fourth-order valence-corrected chi connectivity index (χ4v) is 4.74. The molecule has 1 aliphatic rings. The fraction of sp³-hybridized carbons (Fsp3) is 0.400. The van der Waals surface area contributed by atoms with Gasteiger partial charge in [-0.05, 0) is 77.7 Å². The molecule has 6 heteroatoms. The molecule has 140 valence electrons. The Morgan fingerprint density at radius 1 is 1.27 bits per heavy atom. The van der Waals surface area contributed by atoms with Crippen LogP contribution < -0.4 is 9.64 Å². The first kappa shape index (κ1) is 19.5. The number of methoxy groups -OCH3 is 1. The predicted molar refractivity (Wildman–Crippen MR) is 111 cm³/mol. The van der Waals surface area contributed by atoms with Gasteiger partial charge in [0.25, 0.3) is 0 Å². The molecule has 3 nitrogen and oxygen atoms in total. The van der Waals surface area contributed by atoms with Crippen molar-refractivity contribution < 1.29 is 9.13 Å². The molecule has 0 bridgehead atoms. The van der Waals surface area contributed by atoms with Crippen molar-refractivity contribution in [1.82, 2.24) is 4.31 Å². The van der Waals surface area contributed by atoms with Gasteiger partial charge in [-0.3, -0.25) is 0 Å². The van der Waals surface area contributed by atoms with Gasteiger partial charge in [0.15, 0.2) is 0 Å². The standard InChI is InChI=1S/C20H24BrFN2OS/c1-4-5-6-16-13-24(15-9-7-14(22)8-10-15)18-11-17(21)19(25-3)12-20(18)26-23(16)2/h7-12,16H,4-6,13H2,1-3H3. The van der Waals surface area contributed by atoms with Gasteiger partial charge in [0.2, 0.25) is 0 Å². The molecule has 0 saturated carbocycles. The Kier molecular flexibility index (Phi) is 6.48. The van der Waals surface area contributed by atoms with Crippen LogP contribution in [0.5, 0.6) is 5.75 Å². The van der Waals surface area contributed by atoms with Crippen LogP contribution in [0.2, 0.25) is 0 Å². The molecule has 0 N–H and O–H groups in total. The Labute approximate surface area is 167 Å². The third-order valence-corrected chi connectivity index (χ3v) is 6.43. The molecule has 1 unspecified atom stereocenters. The van der Waals surface area contributed by atoms with Gasteiger partial charge in [-0.2, -0.15) is 0 Å². The van der Waals surface area contributed by atoms with E-state index in [4.69, 9.17) is 4.74 Å². The normalized spacial score (nSPS) is 17.7. The van der Waals surface area contributed by atoms with E-state index in [-0.39, 0.29) is 5.82 Å². The van der Waals surface area contributed by atoms with Gasteiger partial charge in [0, 0.05) is 18.3 Å². The summed E-state index contributed by atoms with van der Waals surface area (Å²) in [4.78, 5) is 3.42. The minimum absolute atomic E-state index is 0.214. The van der Waals surface area contributed by atoms with Crippen LogP contribution in [0.3, 0.4) is 0 Å². The first-order chi connectivity index (χ1) is 12.5. The van der Waals surface area contributed by atoms with Crippen LogP contribution in [0, 0.1) is 5.82 Å². The third kappa shape index (κ3) is 4.18. The smallest absolute Gasteiger partial charge is 0.134 e. The summed E-state index contributed by atoms with van der Waals surface area (Å²) in [6.07, 6.45) is 3.50. The summed E-state index contributed by atoms with van der Waals surface area (Å²) in [5.41, 5.74) is 2.11. The molecule has 26 heavy (non-hydrogen) atoms. The molecule has 1 aliphatic heterocycles. The zero-order chi connectivity index (χ0) is 18.7. The third-order valence-electron chi connectivity index (χ3n) is 4.70. The van der Waals surface area contributed by atoms with Crippen molar-refractivity contribution in [2.75, 3.05) is 25.6 Å². The Balaban J connectivity index is 2.06. The number of nitrogens with zero attached hydrogens (tertiary/aromatic N) is 2. The van der Waals surface area contributed by atoms with Crippen LogP contribution in [-0.4, -0.2) is 31.0 Å². The van der Waals surface area contributed by atoms with E-state index in [0.29, 0.717) is 6.04 Å². The highest BCUT2D eigenvalue weighted by molar-refractivity contribution is 9.10. The van der Waals surface area contributed by atoms with Crippen LogP contribution >= 0.6 is 27.9 Å². The van der Waals surface area contributed by atoms with Crippen molar-refractivity contribution in [3.05, 3.63) is 46.7 Å². The Morgan fingerprint density at radius 3 is 2.65 bits per heavy atom. The van der Waals surface area contributed by atoms with Crippen LogP contribution in [0.25, 0.3) is 0 Å². The quantitative estimate of drug-likeness (QED) is 0.512. The largest absolute Gasteiger partial charge is 0.496 e. The Bertz CT molecular complexity index is 756. The highest BCUT2D eigenvalue weighted by atomic mass is 79.9. The lowest BCUT2D eigenvalue weighted by Crippen LogP contribution is -2.35. The lowest BCUT2D eigenvalue weighted by molar-refractivity contribution is 0.382. The number of ether oxygens (including phenoxy) is 1. The number of benzene rings is 2. The van der Waals surface area contributed by atoms with Gasteiger partial charge in [-0.15, -0.1) is 0 Å². The molecule has 3 rings (SSSR count). The minimum atomic E-state index is -0.214. The van der Waals surface area contributed by atoms with E-state index < -0.39 is 0 Å². The second kappa shape index (κ2) is 8.63. The first-order valence-corrected chi connectivity index (χ1v) is 10.4. The summed E-state index contributed by atoms with van der Waals surface area (Å²) in [6.45, 7) is 3.08. The van der Waals surface area contributed by atoms with E-state index in [0.717, 1.165) is 39.5 Å².